The van der Waals surface area contributed by atoms with Gasteiger partial charge in [0.15, 0.2) is 0 Å². The molecule has 1 amide bonds. The Morgan fingerprint density at radius 3 is 2.14 bits per heavy atom. The summed E-state index contributed by atoms with van der Waals surface area (Å²) in [6.45, 7) is 7.65. The van der Waals surface area contributed by atoms with Crippen LogP contribution in [-0.2, 0) is 19.1 Å². The van der Waals surface area contributed by atoms with Crippen molar-refractivity contribution >= 4 is 18.0 Å². The van der Waals surface area contributed by atoms with E-state index in [-0.39, 0.29) is 44.0 Å². The lowest BCUT2D eigenvalue weighted by atomic mass is 9.94. The fraction of sp³-hybridized carbons (Fsp3) is 0.800. The van der Waals surface area contributed by atoms with E-state index in [4.69, 9.17) is 14.6 Å². The second kappa shape index (κ2) is 10.9. The SMILES string of the molecule is CC(C)CC(CNC(=O)OCCOC(=O)C(C)C)CC(=O)O. The first kappa shape index (κ1) is 20.2. The Morgan fingerprint density at radius 1 is 1.05 bits per heavy atom. The van der Waals surface area contributed by atoms with Gasteiger partial charge in [-0.1, -0.05) is 27.7 Å². The van der Waals surface area contributed by atoms with Crippen molar-refractivity contribution in [3.05, 3.63) is 0 Å². The molecule has 1 atom stereocenters. The van der Waals surface area contributed by atoms with Crippen LogP contribution in [0.3, 0.4) is 0 Å². The van der Waals surface area contributed by atoms with E-state index in [1.54, 1.807) is 13.8 Å². The largest absolute Gasteiger partial charge is 0.481 e. The maximum atomic E-state index is 11.5. The number of carboxylic acids is 1. The maximum Gasteiger partial charge on any atom is 0.407 e. The molecule has 2 N–H and O–H groups in total. The summed E-state index contributed by atoms with van der Waals surface area (Å²) >= 11 is 0. The molecule has 0 aromatic heterocycles. The van der Waals surface area contributed by atoms with Gasteiger partial charge in [-0.3, -0.25) is 9.59 Å². The Morgan fingerprint density at radius 2 is 1.64 bits per heavy atom. The Balaban J connectivity index is 3.93. The zero-order chi connectivity index (χ0) is 17.1. The van der Waals surface area contributed by atoms with Crippen molar-refractivity contribution in [3.8, 4) is 0 Å². The highest BCUT2D eigenvalue weighted by atomic mass is 16.6. The Labute approximate surface area is 131 Å². The number of nitrogens with one attached hydrogen (secondary N) is 1. The third-order valence-corrected chi connectivity index (χ3v) is 2.84. The summed E-state index contributed by atoms with van der Waals surface area (Å²) < 4.78 is 9.72. The van der Waals surface area contributed by atoms with Crippen molar-refractivity contribution in [3.63, 3.8) is 0 Å². The molecule has 0 radical (unpaired) electrons. The van der Waals surface area contributed by atoms with Crippen LogP contribution in [0.2, 0.25) is 0 Å². The van der Waals surface area contributed by atoms with Gasteiger partial charge >= 0.3 is 18.0 Å². The standard InChI is InChI=1S/C15H27NO6/c1-10(2)7-12(8-13(17)18)9-16-15(20)22-6-5-21-14(19)11(3)4/h10-12H,5-9H2,1-4H3,(H,16,20)(H,17,18). The van der Waals surface area contributed by atoms with Gasteiger partial charge in [-0.15, -0.1) is 0 Å². The molecule has 0 rings (SSSR count). The average molecular weight is 317 g/mol. The van der Waals surface area contributed by atoms with Gasteiger partial charge in [-0.2, -0.15) is 0 Å². The minimum Gasteiger partial charge on any atom is -0.481 e. The molecule has 0 spiro atoms. The van der Waals surface area contributed by atoms with Gasteiger partial charge in [0.2, 0.25) is 0 Å². The minimum atomic E-state index is -0.888. The van der Waals surface area contributed by atoms with Gasteiger partial charge in [0, 0.05) is 13.0 Å². The Bertz CT molecular complexity index is 367. The molecule has 0 saturated heterocycles. The zero-order valence-electron chi connectivity index (χ0n) is 13.8. The molecule has 0 aliphatic carbocycles. The summed E-state index contributed by atoms with van der Waals surface area (Å²) in [5, 5.41) is 11.4. The van der Waals surface area contributed by atoms with Crippen molar-refractivity contribution < 1.29 is 29.0 Å². The monoisotopic (exact) mass is 317 g/mol. The summed E-state index contributed by atoms with van der Waals surface area (Å²) in [6.07, 6.45) is 0.0722. The van der Waals surface area contributed by atoms with E-state index >= 15 is 0 Å². The quantitative estimate of drug-likeness (QED) is 0.472. The van der Waals surface area contributed by atoms with Crippen LogP contribution in [-0.4, -0.2) is 42.9 Å². The first-order valence-corrected chi connectivity index (χ1v) is 7.51. The number of carbonyl (C=O) groups is 3. The van der Waals surface area contributed by atoms with Crippen LogP contribution in [0, 0.1) is 17.8 Å². The van der Waals surface area contributed by atoms with Crippen LogP contribution >= 0.6 is 0 Å². The van der Waals surface area contributed by atoms with Gasteiger partial charge in [0.25, 0.3) is 0 Å². The molecule has 0 heterocycles. The number of ether oxygens (including phenoxy) is 2. The van der Waals surface area contributed by atoms with E-state index in [1.165, 1.54) is 0 Å². The topological polar surface area (TPSA) is 102 Å². The number of rotatable bonds is 10. The minimum absolute atomic E-state index is 0.00443. The molecule has 0 saturated carbocycles. The van der Waals surface area contributed by atoms with Gasteiger partial charge in [-0.05, 0) is 18.3 Å². The molecule has 128 valence electrons. The molecule has 0 fully saturated rings. The van der Waals surface area contributed by atoms with Crippen LogP contribution in [0.15, 0.2) is 0 Å². The first-order chi connectivity index (χ1) is 10.2. The van der Waals surface area contributed by atoms with Crippen LogP contribution in [0.25, 0.3) is 0 Å². The highest BCUT2D eigenvalue weighted by Crippen LogP contribution is 2.14. The van der Waals surface area contributed by atoms with E-state index in [0.717, 1.165) is 0 Å². The molecule has 22 heavy (non-hydrogen) atoms. The van der Waals surface area contributed by atoms with Crippen molar-refractivity contribution in [2.75, 3.05) is 19.8 Å². The van der Waals surface area contributed by atoms with Crippen LogP contribution in [0.5, 0.6) is 0 Å². The Hall–Kier alpha value is -1.79. The highest BCUT2D eigenvalue weighted by Gasteiger charge is 2.16. The van der Waals surface area contributed by atoms with Crippen LogP contribution in [0.1, 0.15) is 40.5 Å². The fourth-order valence-electron chi connectivity index (χ4n) is 1.87. The third kappa shape index (κ3) is 10.9. The number of aliphatic carboxylic acids is 1. The number of hydrogen-bond acceptors (Lipinski definition) is 5. The van der Waals surface area contributed by atoms with E-state index in [9.17, 15) is 14.4 Å². The Kier molecular flexibility index (Phi) is 9.98. The summed E-state index contributed by atoms with van der Waals surface area (Å²) in [7, 11) is 0. The molecule has 0 aromatic rings. The van der Waals surface area contributed by atoms with Crippen molar-refractivity contribution in [2.24, 2.45) is 17.8 Å². The lowest BCUT2D eigenvalue weighted by Crippen LogP contribution is -2.32. The van der Waals surface area contributed by atoms with Crippen molar-refractivity contribution in [1.29, 1.82) is 0 Å². The number of carboxylic acid groups (broad SMARTS) is 1. The van der Waals surface area contributed by atoms with E-state index in [1.807, 2.05) is 13.8 Å². The summed E-state index contributed by atoms with van der Waals surface area (Å²) in [5.74, 6) is -1.24. The number of amides is 1. The third-order valence-electron chi connectivity index (χ3n) is 2.84. The number of carbonyl (C=O) groups excluding carboxylic acids is 2. The molecule has 0 aromatic carbocycles. The predicted octanol–water partition coefficient (Wildman–Crippen LogP) is 2.05. The van der Waals surface area contributed by atoms with Crippen molar-refractivity contribution in [1.82, 2.24) is 5.32 Å². The average Bonchev–Trinajstić information content (AvgIpc) is 2.39. The number of esters is 1. The van der Waals surface area contributed by atoms with Gasteiger partial charge in [0.1, 0.15) is 13.2 Å². The lowest BCUT2D eigenvalue weighted by molar-refractivity contribution is -0.148. The molecule has 0 aliphatic rings. The van der Waals surface area contributed by atoms with E-state index < -0.39 is 12.1 Å². The molecular weight excluding hydrogens is 290 g/mol. The highest BCUT2D eigenvalue weighted by molar-refractivity contribution is 5.71. The lowest BCUT2D eigenvalue weighted by Gasteiger charge is -2.17. The fourth-order valence-corrected chi connectivity index (χ4v) is 1.87. The van der Waals surface area contributed by atoms with E-state index in [2.05, 4.69) is 5.32 Å². The molecule has 0 bridgehead atoms. The van der Waals surface area contributed by atoms with Gasteiger partial charge < -0.3 is 19.9 Å². The smallest absolute Gasteiger partial charge is 0.407 e. The van der Waals surface area contributed by atoms with Crippen LogP contribution < -0.4 is 5.32 Å². The van der Waals surface area contributed by atoms with Gasteiger partial charge in [0.05, 0.1) is 5.92 Å². The first-order valence-electron chi connectivity index (χ1n) is 7.51. The van der Waals surface area contributed by atoms with Crippen LogP contribution in [0.4, 0.5) is 4.79 Å². The molecular formula is C15H27NO6. The summed E-state index contributed by atoms with van der Waals surface area (Å²) in [5.41, 5.74) is 0. The number of hydrogen-bond donors (Lipinski definition) is 2. The summed E-state index contributed by atoms with van der Waals surface area (Å²) in [6, 6.07) is 0. The summed E-state index contributed by atoms with van der Waals surface area (Å²) in [4.78, 5) is 33.4. The molecule has 7 nitrogen and oxygen atoms in total. The predicted molar refractivity (Wildman–Crippen MR) is 80.3 cm³/mol. The van der Waals surface area contributed by atoms with Gasteiger partial charge in [-0.25, -0.2) is 4.79 Å². The maximum absolute atomic E-state index is 11.5. The number of alkyl carbamates (subject to hydrolysis) is 1. The zero-order valence-corrected chi connectivity index (χ0v) is 13.8. The van der Waals surface area contributed by atoms with Crippen molar-refractivity contribution in [2.45, 2.75) is 40.5 Å². The molecule has 7 heteroatoms. The molecule has 1 unspecified atom stereocenters. The second-order valence-corrected chi connectivity index (χ2v) is 5.93. The second-order valence-electron chi connectivity index (χ2n) is 5.93. The molecule has 0 aliphatic heterocycles. The normalized spacial score (nSPS) is 12.1. The van der Waals surface area contributed by atoms with E-state index in [0.29, 0.717) is 12.3 Å².